The molecule has 2 aromatic carbocycles. The average Bonchev–Trinajstić information content (AvgIpc) is 3.52. The Hall–Kier alpha value is -3.82. The van der Waals surface area contributed by atoms with Gasteiger partial charge in [0, 0.05) is 62.5 Å². The first-order chi connectivity index (χ1) is 19.4. The number of para-hydroxylation sites is 1. The summed E-state index contributed by atoms with van der Waals surface area (Å²) in [7, 11) is 4.15. The number of halogens is 1. The number of aryl methyl sites for hydroxylation is 1. The molecule has 4 aromatic rings. The van der Waals surface area contributed by atoms with Crippen molar-refractivity contribution in [3.05, 3.63) is 78.0 Å². The maximum Gasteiger partial charge on any atom is 0.223 e. The van der Waals surface area contributed by atoms with Crippen LogP contribution in [-0.4, -0.2) is 74.7 Å². The summed E-state index contributed by atoms with van der Waals surface area (Å²) >= 11 is 0. The van der Waals surface area contributed by atoms with Crippen molar-refractivity contribution in [2.45, 2.75) is 38.8 Å². The molecule has 40 heavy (non-hydrogen) atoms. The first kappa shape index (κ1) is 27.7. The molecule has 3 heterocycles. The lowest BCUT2D eigenvalue weighted by atomic mass is 10.1. The Kier molecular flexibility index (Phi) is 8.72. The van der Waals surface area contributed by atoms with Crippen LogP contribution < -0.4 is 5.32 Å². The van der Waals surface area contributed by atoms with Crippen LogP contribution in [0.4, 0.5) is 10.3 Å². The third kappa shape index (κ3) is 6.32. The predicted octanol–water partition coefficient (Wildman–Crippen LogP) is 5.22. The maximum absolute atomic E-state index is 13.8. The largest absolute Gasteiger partial charge is 0.508 e. The number of imidazole rings is 1. The fourth-order valence-electron chi connectivity index (χ4n) is 5.27. The Bertz CT molecular complexity index is 1420. The second kappa shape index (κ2) is 12.6. The highest BCUT2D eigenvalue weighted by atomic mass is 19.1. The molecule has 0 fully saturated rings. The molecule has 0 amide bonds. The van der Waals surface area contributed by atoms with Crippen LogP contribution in [0.25, 0.3) is 22.6 Å². The van der Waals surface area contributed by atoms with Gasteiger partial charge in [0.25, 0.3) is 0 Å². The first-order valence-corrected chi connectivity index (χ1v) is 14.0. The number of anilines is 1. The van der Waals surface area contributed by atoms with E-state index >= 15 is 0 Å². The molecule has 1 aliphatic rings. The Morgan fingerprint density at radius 2 is 1.85 bits per heavy atom. The zero-order chi connectivity index (χ0) is 28.1. The molecule has 2 aromatic heterocycles. The number of hydrogen-bond acceptors (Lipinski definition) is 7. The Balaban J connectivity index is 1.53. The van der Waals surface area contributed by atoms with Gasteiger partial charge in [0.05, 0.1) is 17.1 Å². The van der Waals surface area contributed by atoms with Crippen molar-refractivity contribution >= 4 is 5.95 Å². The third-order valence-electron chi connectivity index (χ3n) is 7.32. The number of nitrogens with one attached hydrogen (secondary N) is 1. The summed E-state index contributed by atoms with van der Waals surface area (Å²) in [5, 5.41) is 13.8. The van der Waals surface area contributed by atoms with Crippen LogP contribution in [0.15, 0.2) is 60.8 Å². The molecule has 1 aliphatic heterocycles. The second-order valence-corrected chi connectivity index (χ2v) is 10.7. The van der Waals surface area contributed by atoms with Crippen LogP contribution >= 0.6 is 0 Å². The van der Waals surface area contributed by atoms with Crippen LogP contribution in [-0.2, 0) is 13.0 Å². The topological polar surface area (TPSA) is 82.3 Å². The molecule has 0 aliphatic carbocycles. The standard InChI is InChI=1S/C31H38FN7O/c1-4-16-33-31-34-17-15-26(35-31)30-29(22-9-11-24(32)12-10-22)36-28-14-13-25(39(28)30)21-38(19-18-37(2)3)20-23-7-5-6-8-27(23)40/h5-12,15,17,25,40H,4,13-14,16,18-21H2,1-3H3,(H,33,34,35). The summed E-state index contributed by atoms with van der Waals surface area (Å²) in [6, 6.07) is 16.2. The molecule has 8 nitrogen and oxygen atoms in total. The SMILES string of the molecule is CCCNc1nccc(-c2c(-c3ccc(F)cc3)nc3n2C(CN(CCN(C)C)Cc2ccccc2O)CC3)n1. The number of likely N-dealkylation sites (N-methyl/N-ethyl adjacent to an activating group) is 1. The lowest BCUT2D eigenvalue weighted by molar-refractivity contribution is 0.203. The molecule has 5 rings (SSSR count). The van der Waals surface area contributed by atoms with Gasteiger partial charge in [0.15, 0.2) is 0 Å². The van der Waals surface area contributed by atoms with Gasteiger partial charge in [-0.3, -0.25) is 4.90 Å². The second-order valence-electron chi connectivity index (χ2n) is 10.7. The van der Waals surface area contributed by atoms with Crippen molar-refractivity contribution in [3.63, 3.8) is 0 Å². The number of aromatic nitrogens is 4. The smallest absolute Gasteiger partial charge is 0.223 e. The molecule has 9 heteroatoms. The van der Waals surface area contributed by atoms with E-state index in [1.807, 2.05) is 24.3 Å². The van der Waals surface area contributed by atoms with Crippen LogP contribution in [0.5, 0.6) is 5.75 Å². The van der Waals surface area contributed by atoms with Gasteiger partial charge in [-0.15, -0.1) is 0 Å². The van der Waals surface area contributed by atoms with Crippen LogP contribution in [0.1, 0.15) is 37.2 Å². The minimum Gasteiger partial charge on any atom is -0.508 e. The Morgan fingerprint density at radius 1 is 1.05 bits per heavy atom. The van der Waals surface area contributed by atoms with E-state index in [-0.39, 0.29) is 11.9 Å². The van der Waals surface area contributed by atoms with Crippen molar-refractivity contribution in [1.82, 2.24) is 29.3 Å². The Labute approximate surface area is 235 Å². The van der Waals surface area contributed by atoms with Crippen LogP contribution in [0.3, 0.4) is 0 Å². The number of rotatable bonds is 12. The summed E-state index contributed by atoms with van der Waals surface area (Å²) in [6.07, 6.45) is 4.56. The third-order valence-corrected chi connectivity index (χ3v) is 7.32. The summed E-state index contributed by atoms with van der Waals surface area (Å²) in [4.78, 5) is 19.0. The number of benzene rings is 2. The average molecular weight is 544 g/mol. The molecule has 0 spiro atoms. The van der Waals surface area contributed by atoms with E-state index < -0.39 is 0 Å². The van der Waals surface area contributed by atoms with E-state index in [0.29, 0.717) is 18.2 Å². The minimum absolute atomic E-state index is 0.168. The van der Waals surface area contributed by atoms with Crippen molar-refractivity contribution < 1.29 is 9.50 Å². The monoisotopic (exact) mass is 543 g/mol. The van der Waals surface area contributed by atoms with Crippen molar-refractivity contribution in [2.75, 3.05) is 45.6 Å². The molecule has 1 unspecified atom stereocenters. The van der Waals surface area contributed by atoms with E-state index in [4.69, 9.17) is 9.97 Å². The van der Waals surface area contributed by atoms with Crippen molar-refractivity contribution in [3.8, 4) is 28.4 Å². The zero-order valence-corrected chi connectivity index (χ0v) is 23.5. The number of phenols is 1. The highest BCUT2D eigenvalue weighted by molar-refractivity contribution is 5.78. The quantitative estimate of drug-likeness (QED) is 0.253. The van der Waals surface area contributed by atoms with Gasteiger partial charge in [-0.1, -0.05) is 25.1 Å². The molecule has 2 N–H and O–H groups in total. The number of fused-ring (bicyclic) bond motifs is 1. The highest BCUT2D eigenvalue weighted by Gasteiger charge is 2.32. The molecule has 0 radical (unpaired) electrons. The van der Waals surface area contributed by atoms with Crippen molar-refractivity contribution in [1.29, 1.82) is 0 Å². The molecular weight excluding hydrogens is 505 g/mol. The zero-order valence-electron chi connectivity index (χ0n) is 23.5. The summed E-state index contributed by atoms with van der Waals surface area (Å²) < 4.78 is 16.2. The Morgan fingerprint density at radius 3 is 2.60 bits per heavy atom. The molecular formula is C31H38FN7O. The van der Waals surface area contributed by atoms with E-state index in [2.05, 4.69) is 45.7 Å². The molecule has 210 valence electrons. The molecule has 0 bridgehead atoms. The van der Waals surface area contributed by atoms with Gasteiger partial charge in [-0.05, 0) is 63.3 Å². The number of hydrogen-bond donors (Lipinski definition) is 2. The normalized spacial score (nSPS) is 14.7. The van der Waals surface area contributed by atoms with E-state index in [1.54, 1.807) is 24.4 Å². The summed E-state index contributed by atoms with van der Waals surface area (Å²) in [6.45, 7) is 6.11. The maximum atomic E-state index is 13.8. The summed E-state index contributed by atoms with van der Waals surface area (Å²) in [5.74, 6) is 1.64. The van der Waals surface area contributed by atoms with E-state index in [9.17, 15) is 9.50 Å². The minimum atomic E-state index is -0.274. The highest BCUT2D eigenvalue weighted by Crippen LogP contribution is 2.39. The van der Waals surface area contributed by atoms with Crippen LogP contribution in [0, 0.1) is 5.82 Å². The van der Waals surface area contributed by atoms with Gasteiger partial charge < -0.3 is 19.9 Å². The fraction of sp³-hybridized carbons (Fsp3) is 0.387. The molecule has 0 saturated carbocycles. The summed E-state index contributed by atoms with van der Waals surface area (Å²) in [5.41, 5.74) is 4.30. The van der Waals surface area contributed by atoms with Gasteiger partial charge in [-0.2, -0.15) is 0 Å². The number of nitrogens with zero attached hydrogens (tertiary/aromatic N) is 6. The van der Waals surface area contributed by atoms with Gasteiger partial charge in [0.2, 0.25) is 5.95 Å². The predicted molar refractivity (Wildman–Crippen MR) is 157 cm³/mol. The number of phenolic OH excluding ortho intramolecular Hbond substituents is 1. The van der Waals surface area contributed by atoms with Gasteiger partial charge >= 0.3 is 0 Å². The van der Waals surface area contributed by atoms with Crippen LogP contribution in [0.2, 0.25) is 0 Å². The lowest BCUT2D eigenvalue weighted by Crippen LogP contribution is -2.35. The van der Waals surface area contributed by atoms with E-state index in [0.717, 1.165) is 79.5 Å². The lowest BCUT2D eigenvalue weighted by Gasteiger charge is -2.29. The first-order valence-electron chi connectivity index (χ1n) is 14.0. The van der Waals surface area contributed by atoms with Gasteiger partial charge in [-0.25, -0.2) is 19.3 Å². The fourth-order valence-corrected chi connectivity index (χ4v) is 5.27. The van der Waals surface area contributed by atoms with E-state index in [1.165, 1.54) is 12.1 Å². The van der Waals surface area contributed by atoms with Gasteiger partial charge in [0.1, 0.15) is 17.4 Å². The molecule has 0 saturated heterocycles. The number of aromatic hydroxyl groups is 1. The van der Waals surface area contributed by atoms with Crippen molar-refractivity contribution in [2.24, 2.45) is 0 Å². The molecule has 1 atom stereocenters.